The molecule has 0 saturated heterocycles. The van der Waals surface area contributed by atoms with Crippen molar-refractivity contribution in [3.8, 4) is 17.2 Å². The van der Waals surface area contributed by atoms with Crippen molar-refractivity contribution in [1.29, 1.82) is 5.26 Å². The Morgan fingerprint density at radius 1 is 1.12 bits per heavy atom. The molecule has 0 bridgehead atoms. The largest absolute Gasteiger partial charge is 0.294 e. The summed E-state index contributed by atoms with van der Waals surface area (Å²) < 4.78 is 3.16. The first-order valence-corrected chi connectivity index (χ1v) is 8.13. The molecule has 6 nitrogen and oxygen atoms in total. The lowest BCUT2D eigenvalue weighted by atomic mass is 9.99. The van der Waals surface area contributed by atoms with Crippen molar-refractivity contribution in [3.05, 3.63) is 82.5 Å². The molecule has 0 radical (unpaired) electrons. The fraction of sp³-hybridized carbons (Fsp3) is 0.100. The topological polar surface area (TPSA) is 76.5 Å². The second kappa shape index (κ2) is 6.30. The van der Waals surface area contributed by atoms with E-state index < -0.39 is 0 Å². The number of nitriles is 1. The number of hydrogen-bond donors (Lipinski definition) is 0. The molecule has 2 aromatic carbocycles. The Labute approximate surface area is 149 Å². The van der Waals surface area contributed by atoms with E-state index in [1.54, 1.807) is 34.9 Å². The normalized spacial score (nSPS) is 10.8. The van der Waals surface area contributed by atoms with Crippen LogP contribution in [0.1, 0.15) is 11.1 Å². The van der Waals surface area contributed by atoms with E-state index in [0.717, 1.165) is 16.7 Å². The van der Waals surface area contributed by atoms with E-state index >= 15 is 0 Å². The van der Waals surface area contributed by atoms with Crippen LogP contribution in [0.2, 0.25) is 0 Å². The molecular formula is C20H15N5O. The molecule has 0 fully saturated rings. The Hall–Kier alpha value is -3.72. The van der Waals surface area contributed by atoms with Gasteiger partial charge in [-0.3, -0.25) is 14.0 Å². The molecule has 0 amide bonds. The zero-order chi connectivity index (χ0) is 18.1. The van der Waals surface area contributed by atoms with Crippen LogP contribution in [0.3, 0.4) is 0 Å². The second-order valence-corrected chi connectivity index (χ2v) is 6.04. The molecule has 126 valence electrons. The number of nitrogens with zero attached hydrogens (tertiary/aromatic N) is 5. The summed E-state index contributed by atoms with van der Waals surface area (Å²) in [6.45, 7) is 0.427. The number of aromatic nitrogens is 4. The Bertz CT molecular complexity index is 1200. The predicted octanol–water partition coefficient (Wildman–Crippen LogP) is 2.72. The van der Waals surface area contributed by atoms with E-state index in [9.17, 15) is 10.1 Å². The van der Waals surface area contributed by atoms with Gasteiger partial charge >= 0.3 is 0 Å². The summed E-state index contributed by atoms with van der Waals surface area (Å²) in [4.78, 5) is 16.9. The molecule has 0 atom stereocenters. The summed E-state index contributed by atoms with van der Waals surface area (Å²) in [5.74, 6) is 0. The van der Waals surface area contributed by atoms with E-state index in [0.29, 0.717) is 23.1 Å². The van der Waals surface area contributed by atoms with Crippen LogP contribution in [-0.2, 0) is 13.6 Å². The third-order valence-electron chi connectivity index (χ3n) is 4.38. The summed E-state index contributed by atoms with van der Waals surface area (Å²) in [5, 5.41) is 13.8. The number of aryl methyl sites for hydroxylation is 1. The van der Waals surface area contributed by atoms with Crippen LogP contribution in [0.4, 0.5) is 0 Å². The van der Waals surface area contributed by atoms with Gasteiger partial charge in [0.05, 0.1) is 24.4 Å². The number of rotatable bonds is 3. The summed E-state index contributed by atoms with van der Waals surface area (Å²) in [7, 11) is 1.76. The lowest BCUT2D eigenvalue weighted by Crippen LogP contribution is -2.21. The quantitative estimate of drug-likeness (QED) is 0.574. The maximum Gasteiger partial charge on any atom is 0.264 e. The van der Waals surface area contributed by atoms with Crippen LogP contribution in [0.25, 0.3) is 22.2 Å². The zero-order valence-electron chi connectivity index (χ0n) is 14.1. The van der Waals surface area contributed by atoms with Crippen molar-refractivity contribution in [3.63, 3.8) is 0 Å². The Kier molecular flexibility index (Phi) is 3.82. The van der Waals surface area contributed by atoms with Gasteiger partial charge in [0, 0.05) is 7.05 Å². The van der Waals surface area contributed by atoms with Gasteiger partial charge in [0.25, 0.3) is 5.56 Å². The first kappa shape index (κ1) is 15.8. The zero-order valence-corrected chi connectivity index (χ0v) is 14.1. The maximum absolute atomic E-state index is 12.6. The van der Waals surface area contributed by atoms with Crippen LogP contribution in [0, 0.1) is 11.3 Å². The highest BCUT2D eigenvalue weighted by molar-refractivity contribution is 5.73. The van der Waals surface area contributed by atoms with Crippen molar-refractivity contribution in [2.45, 2.75) is 6.54 Å². The highest BCUT2D eigenvalue weighted by Gasteiger charge is 2.09. The van der Waals surface area contributed by atoms with Gasteiger partial charge in [-0.15, -0.1) is 0 Å². The lowest BCUT2D eigenvalue weighted by Gasteiger charge is -2.08. The molecule has 6 heteroatoms. The van der Waals surface area contributed by atoms with Gasteiger partial charge in [0.1, 0.15) is 11.7 Å². The van der Waals surface area contributed by atoms with Crippen LogP contribution in [0.15, 0.2) is 65.8 Å². The van der Waals surface area contributed by atoms with Gasteiger partial charge in [-0.25, -0.2) is 4.98 Å². The predicted molar refractivity (Wildman–Crippen MR) is 98.5 cm³/mol. The second-order valence-electron chi connectivity index (χ2n) is 6.04. The SMILES string of the molecule is Cn1ncc2c(=O)n(Cc3ccc(-c4ccccc4C#N)cc3)cnc21. The summed E-state index contributed by atoms with van der Waals surface area (Å²) >= 11 is 0. The third kappa shape index (κ3) is 2.66. The molecule has 0 aliphatic heterocycles. The van der Waals surface area contributed by atoms with Crippen LogP contribution in [0.5, 0.6) is 0 Å². The highest BCUT2D eigenvalue weighted by atomic mass is 16.1. The van der Waals surface area contributed by atoms with Gasteiger partial charge in [-0.1, -0.05) is 42.5 Å². The third-order valence-corrected chi connectivity index (χ3v) is 4.38. The highest BCUT2D eigenvalue weighted by Crippen LogP contribution is 2.23. The van der Waals surface area contributed by atoms with Gasteiger partial charge < -0.3 is 0 Å². The lowest BCUT2D eigenvalue weighted by molar-refractivity contribution is 0.737. The molecule has 0 saturated carbocycles. The van der Waals surface area contributed by atoms with Gasteiger partial charge in [-0.05, 0) is 22.8 Å². The van der Waals surface area contributed by atoms with Crippen molar-refractivity contribution >= 4 is 11.0 Å². The minimum atomic E-state index is -0.109. The van der Waals surface area contributed by atoms with Gasteiger partial charge in [0.2, 0.25) is 0 Å². The van der Waals surface area contributed by atoms with Crippen molar-refractivity contribution in [2.75, 3.05) is 0 Å². The molecule has 0 spiro atoms. The minimum absolute atomic E-state index is 0.109. The fourth-order valence-electron chi connectivity index (χ4n) is 3.00. The Morgan fingerprint density at radius 2 is 1.88 bits per heavy atom. The molecule has 2 aromatic heterocycles. The summed E-state index contributed by atoms with van der Waals surface area (Å²) in [5.41, 5.74) is 3.96. The Balaban J connectivity index is 1.65. The average Bonchev–Trinajstić information content (AvgIpc) is 3.06. The standard InChI is InChI=1S/C20H15N5O/c1-24-19-18(11-23-24)20(26)25(13-22-19)12-14-6-8-15(9-7-14)17-5-3-2-4-16(17)10-21/h2-9,11,13H,12H2,1H3. The molecule has 0 aliphatic rings. The molecule has 26 heavy (non-hydrogen) atoms. The van der Waals surface area contributed by atoms with Gasteiger partial charge in [-0.2, -0.15) is 10.4 Å². The number of benzene rings is 2. The molecule has 4 aromatic rings. The molecule has 4 rings (SSSR count). The molecule has 0 unspecified atom stereocenters. The monoisotopic (exact) mass is 341 g/mol. The molecular weight excluding hydrogens is 326 g/mol. The smallest absolute Gasteiger partial charge is 0.264 e. The van der Waals surface area contributed by atoms with Crippen LogP contribution in [-0.4, -0.2) is 19.3 Å². The molecule has 0 N–H and O–H groups in total. The number of hydrogen-bond acceptors (Lipinski definition) is 4. The molecule has 0 aliphatic carbocycles. The van der Waals surface area contributed by atoms with E-state index in [1.807, 2.05) is 42.5 Å². The van der Waals surface area contributed by atoms with Crippen LogP contribution >= 0.6 is 0 Å². The van der Waals surface area contributed by atoms with Crippen LogP contribution < -0.4 is 5.56 Å². The van der Waals surface area contributed by atoms with E-state index in [1.165, 1.54) is 0 Å². The first-order valence-electron chi connectivity index (χ1n) is 8.13. The number of fused-ring (bicyclic) bond motifs is 1. The van der Waals surface area contributed by atoms with Crippen molar-refractivity contribution < 1.29 is 0 Å². The molecule has 2 heterocycles. The first-order chi connectivity index (χ1) is 12.7. The van der Waals surface area contributed by atoms with E-state index in [4.69, 9.17) is 0 Å². The van der Waals surface area contributed by atoms with E-state index in [-0.39, 0.29) is 5.56 Å². The van der Waals surface area contributed by atoms with Gasteiger partial charge in [0.15, 0.2) is 5.65 Å². The van der Waals surface area contributed by atoms with Crippen molar-refractivity contribution in [1.82, 2.24) is 19.3 Å². The van der Waals surface area contributed by atoms with E-state index in [2.05, 4.69) is 16.2 Å². The average molecular weight is 341 g/mol. The van der Waals surface area contributed by atoms with Crippen molar-refractivity contribution in [2.24, 2.45) is 7.05 Å². The maximum atomic E-state index is 12.6. The Morgan fingerprint density at radius 3 is 2.65 bits per heavy atom. The summed E-state index contributed by atoms with van der Waals surface area (Å²) in [6.07, 6.45) is 3.09. The summed E-state index contributed by atoms with van der Waals surface area (Å²) in [6, 6.07) is 17.6. The fourth-order valence-corrected chi connectivity index (χ4v) is 3.00. The minimum Gasteiger partial charge on any atom is -0.294 e.